The summed E-state index contributed by atoms with van der Waals surface area (Å²) in [4.78, 5) is 40.2. The van der Waals surface area contributed by atoms with E-state index in [4.69, 9.17) is 23.7 Å². The molecule has 11 nitrogen and oxygen atoms in total. The molecule has 2 aliphatic rings. The lowest BCUT2D eigenvalue weighted by Gasteiger charge is -2.40. The van der Waals surface area contributed by atoms with E-state index in [1.807, 2.05) is 72.8 Å². The number of carbonyl (C=O) groups is 3. The SMILES string of the molecule is C=CC(=O)OCCCOc1ccc(C#Cc2ccc(-c3ccc(OCCCCCCOCC4(CC)COC4)cc3)c3c2C(=O)N(Nc2ccc4c(c2)c2ccccc2n4CC)C3=O)cc1. The maximum atomic E-state index is 14.5. The van der Waals surface area contributed by atoms with Gasteiger partial charge < -0.3 is 28.3 Å². The van der Waals surface area contributed by atoms with Crippen LogP contribution in [0.5, 0.6) is 11.5 Å². The highest BCUT2D eigenvalue weighted by Crippen LogP contribution is 2.37. The second-order valence-electron chi connectivity index (χ2n) is 16.5. The Kier molecular flexibility index (Phi) is 14.3. The number of benzene rings is 5. The first-order chi connectivity index (χ1) is 31.8. The van der Waals surface area contributed by atoms with E-state index in [1.165, 1.54) is 0 Å². The number of fused-ring (bicyclic) bond motifs is 4. The molecule has 0 saturated carbocycles. The summed E-state index contributed by atoms with van der Waals surface area (Å²) in [5.74, 6) is 6.32. The Balaban J connectivity index is 0.972. The Bertz CT molecular complexity index is 2740. The van der Waals surface area contributed by atoms with Crippen molar-refractivity contribution in [2.75, 3.05) is 51.7 Å². The molecule has 1 N–H and O–H groups in total. The summed E-state index contributed by atoms with van der Waals surface area (Å²) in [6.07, 6.45) is 6.85. The molecular formula is C54H55N3O8. The minimum Gasteiger partial charge on any atom is -0.494 e. The van der Waals surface area contributed by atoms with Gasteiger partial charge in [0, 0.05) is 64.0 Å². The van der Waals surface area contributed by atoms with Crippen molar-refractivity contribution in [3.8, 4) is 34.5 Å². The lowest BCUT2D eigenvalue weighted by molar-refractivity contribution is -0.150. The van der Waals surface area contributed by atoms with Crippen LogP contribution >= 0.6 is 0 Å². The topological polar surface area (TPSA) is 118 Å². The second kappa shape index (κ2) is 20.8. The van der Waals surface area contributed by atoms with Crippen molar-refractivity contribution in [3.63, 3.8) is 0 Å². The van der Waals surface area contributed by atoms with Gasteiger partial charge in [0.2, 0.25) is 0 Å². The van der Waals surface area contributed by atoms with Gasteiger partial charge in [-0.1, -0.05) is 68.2 Å². The van der Waals surface area contributed by atoms with Gasteiger partial charge in [-0.25, -0.2) is 4.79 Å². The van der Waals surface area contributed by atoms with Crippen LogP contribution in [0.2, 0.25) is 0 Å². The van der Waals surface area contributed by atoms with Crippen LogP contribution in [0, 0.1) is 17.3 Å². The average molecular weight is 874 g/mol. The highest BCUT2D eigenvalue weighted by molar-refractivity contribution is 6.25. The van der Waals surface area contributed by atoms with Crippen LogP contribution in [-0.4, -0.2) is 73.6 Å². The Morgan fingerprint density at radius 3 is 2.15 bits per heavy atom. The van der Waals surface area contributed by atoms with Gasteiger partial charge in [0.05, 0.1) is 56.5 Å². The Morgan fingerprint density at radius 1 is 0.754 bits per heavy atom. The van der Waals surface area contributed by atoms with Crippen molar-refractivity contribution in [2.45, 2.75) is 58.9 Å². The Hall–Kier alpha value is -6.87. The van der Waals surface area contributed by atoms with Gasteiger partial charge in [0.15, 0.2) is 0 Å². The quantitative estimate of drug-likeness (QED) is 0.0248. The first-order valence-electron chi connectivity index (χ1n) is 22.6. The van der Waals surface area contributed by atoms with Crippen molar-refractivity contribution in [1.82, 2.24) is 9.58 Å². The fourth-order valence-corrected chi connectivity index (χ4v) is 8.31. The number of aromatic nitrogens is 1. The smallest absolute Gasteiger partial charge is 0.330 e. The predicted octanol–water partition coefficient (Wildman–Crippen LogP) is 10.4. The third-order valence-corrected chi connectivity index (χ3v) is 12.1. The maximum Gasteiger partial charge on any atom is 0.330 e. The minimum atomic E-state index is -0.487. The normalized spacial score (nSPS) is 13.8. The number of aryl methyl sites for hydroxylation is 1. The zero-order valence-electron chi connectivity index (χ0n) is 37.2. The van der Waals surface area contributed by atoms with E-state index in [2.05, 4.69) is 54.4 Å². The fraction of sp³-hybridized carbons (Fsp3) is 0.315. The molecule has 0 atom stereocenters. The standard InChI is InChI=1S/C54H55N3O8/c1-4-49(58)65-33-13-32-64-42-24-17-38(18-25-42)16-19-40-22-28-44(39-20-26-43(27-21-39)63-31-12-8-7-11-30-61-35-54(5-2)36-62-37-54)51-50(40)52(59)57(53(51)60)55-41-23-29-48-46(34-41)45-14-9-10-15-47(45)56(48)6-3/h4,9-10,14-15,17-18,20-29,34,55H,1,5-8,11-13,30-33,35-37H2,2-3H3. The van der Waals surface area contributed by atoms with Gasteiger partial charge in [-0.3, -0.25) is 15.0 Å². The number of unbranched alkanes of at least 4 members (excludes halogenated alkanes) is 3. The summed E-state index contributed by atoms with van der Waals surface area (Å²) in [5.41, 5.74) is 9.24. The molecular weight excluding hydrogens is 819 g/mol. The number of rotatable bonds is 21. The zero-order valence-corrected chi connectivity index (χ0v) is 37.2. The van der Waals surface area contributed by atoms with Gasteiger partial charge in [-0.2, -0.15) is 5.01 Å². The number of amides is 2. The molecule has 8 rings (SSSR count). The van der Waals surface area contributed by atoms with Crippen molar-refractivity contribution in [1.29, 1.82) is 0 Å². The average Bonchev–Trinajstić information content (AvgIpc) is 3.77. The monoisotopic (exact) mass is 873 g/mol. The predicted molar refractivity (Wildman–Crippen MR) is 253 cm³/mol. The van der Waals surface area contributed by atoms with E-state index < -0.39 is 17.8 Å². The molecule has 1 fully saturated rings. The number of esters is 1. The van der Waals surface area contributed by atoms with Crippen LogP contribution in [0.4, 0.5) is 5.69 Å². The Morgan fingerprint density at radius 2 is 1.45 bits per heavy atom. The number of hydrazine groups is 1. The number of imide groups is 1. The number of nitrogens with one attached hydrogen (secondary N) is 1. The summed E-state index contributed by atoms with van der Waals surface area (Å²) in [5, 5.41) is 3.21. The van der Waals surface area contributed by atoms with Crippen LogP contribution in [0.3, 0.4) is 0 Å². The van der Waals surface area contributed by atoms with Crippen molar-refractivity contribution < 1.29 is 38.1 Å². The molecule has 2 amide bonds. The van der Waals surface area contributed by atoms with Crippen molar-refractivity contribution >= 4 is 45.3 Å². The lowest BCUT2D eigenvalue weighted by atomic mass is 9.84. The van der Waals surface area contributed by atoms with E-state index in [1.54, 1.807) is 18.2 Å². The molecule has 0 bridgehead atoms. The molecule has 5 aromatic carbocycles. The third kappa shape index (κ3) is 10.1. The van der Waals surface area contributed by atoms with E-state index in [0.29, 0.717) is 47.8 Å². The molecule has 0 spiro atoms. The molecule has 1 saturated heterocycles. The number of hydrogen-bond acceptors (Lipinski definition) is 9. The first kappa shape index (κ1) is 44.7. The van der Waals surface area contributed by atoms with Gasteiger partial charge in [-0.05, 0) is 110 Å². The van der Waals surface area contributed by atoms with Crippen LogP contribution < -0.4 is 14.9 Å². The van der Waals surface area contributed by atoms with Gasteiger partial charge in [-0.15, -0.1) is 0 Å². The molecule has 11 heteroatoms. The van der Waals surface area contributed by atoms with Crippen LogP contribution in [0.25, 0.3) is 32.9 Å². The minimum absolute atomic E-state index is 0.224. The summed E-state index contributed by atoms with van der Waals surface area (Å²) < 4.78 is 30.5. The number of hydrogen-bond donors (Lipinski definition) is 1. The van der Waals surface area contributed by atoms with Crippen molar-refractivity contribution in [3.05, 3.63) is 138 Å². The third-order valence-electron chi connectivity index (χ3n) is 12.1. The molecule has 1 aromatic heterocycles. The molecule has 0 aliphatic carbocycles. The molecule has 0 unspecified atom stereocenters. The number of ether oxygens (including phenoxy) is 5. The van der Waals surface area contributed by atoms with E-state index >= 15 is 0 Å². The second-order valence-corrected chi connectivity index (χ2v) is 16.5. The molecule has 6 aromatic rings. The number of nitrogens with zero attached hydrogens (tertiary/aromatic N) is 2. The largest absolute Gasteiger partial charge is 0.494 e. The van der Waals surface area contributed by atoms with Gasteiger partial charge in [0.1, 0.15) is 11.5 Å². The van der Waals surface area contributed by atoms with Crippen LogP contribution in [0.15, 0.2) is 116 Å². The molecule has 65 heavy (non-hydrogen) atoms. The van der Waals surface area contributed by atoms with Gasteiger partial charge in [0.25, 0.3) is 11.8 Å². The van der Waals surface area contributed by atoms with Crippen LogP contribution in [-0.2, 0) is 25.5 Å². The summed E-state index contributed by atoms with van der Waals surface area (Å²) in [6.45, 7) is 12.9. The maximum absolute atomic E-state index is 14.5. The van der Waals surface area contributed by atoms with E-state index in [0.717, 1.165) is 109 Å². The summed E-state index contributed by atoms with van der Waals surface area (Å²) >= 11 is 0. The highest BCUT2D eigenvalue weighted by atomic mass is 16.5. The van der Waals surface area contributed by atoms with Crippen LogP contribution in [0.1, 0.15) is 84.2 Å². The zero-order chi connectivity index (χ0) is 45.2. The lowest BCUT2D eigenvalue weighted by Crippen LogP contribution is -2.45. The molecule has 2 aliphatic heterocycles. The number of carbonyl (C=O) groups excluding carboxylic acids is 3. The number of anilines is 1. The van der Waals surface area contributed by atoms with E-state index in [-0.39, 0.29) is 23.1 Å². The number of para-hydroxylation sites is 1. The Labute approximate surface area is 380 Å². The van der Waals surface area contributed by atoms with E-state index in [9.17, 15) is 14.4 Å². The fourth-order valence-electron chi connectivity index (χ4n) is 8.31. The van der Waals surface area contributed by atoms with Gasteiger partial charge >= 0.3 is 5.97 Å². The first-order valence-corrected chi connectivity index (χ1v) is 22.6. The molecule has 334 valence electrons. The molecule has 3 heterocycles. The molecule has 0 radical (unpaired) electrons. The highest BCUT2D eigenvalue weighted by Gasteiger charge is 2.40. The summed E-state index contributed by atoms with van der Waals surface area (Å²) in [7, 11) is 0. The van der Waals surface area contributed by atoms with Crippen molar-refractivity contribution in [2.24, 2.45) is 5.41 Å². The summed E-state index contributed by atoms with van der Waals surface area (Å²) in [6, 6.07) is 32.7.